The van der Waals surface area contributed by atoms with Crippen LogP contribution < -0.4 is 5.32 Å². The van der Waals surface area contributed by atoms with Gasteiger partial charge < -0.3 is 10.3 Å². The highest BCUT2D eigenvalue weighted by Crippen LogP contribution is 2.39. The molecule has 25 heavy (non-hydrogen) atoms. The lowest BCUT2D eigenvalue weighted by Crippen LogP contribution is -2.57. The number of hydrogen-bond donors (Lipinski definition) is 2. The first-order valence-electron chi connectivity index (χ1n) is 9.45. The number of H-pyrrole nitrogens is 1. The van der Waals surface area contributed by atoms with Crippen molar-refractivity contribution in [2.75, 3.05) is 19.6 Å². The molecule has 0 aliphatic carbocycles. The number of aromatic amines is 1. The van der Waals surface area contributed by atoms with Crippen molar-refractivity contribution in [3.05, 3.63) is 71.4 Å². The Morgan fingerprint density at radius 3 is 2.76 bits per heavy atom. The van der Waals surface area contributed by atoms with Gasteiger partial charge in [-0.05, 0) is 43.0 Å². The molecule has 5 rings (SSSR count). The molecule has 2 aliphatic heterocycles. The fourth-order valence-corrected chi connectivity index (χ4v) is 4.85. The van der Waals surface area contributed by atoms with Crippen molar-refractivity contribution in [2.45, 2.75) is 31.3 Å². The van der Waals surface area contributed by atoms with E-state index >= 15 is 0 Å². The van der Waals surface area contributed by atoms with Crippen molar-refractivity contribution in [3.8, 4) is 0 Å². The van der Waals surface area contributed by atoms with Gasteiger partial charge in [-0.2, -0.15) is 0 Å². The first-order chi connectivity index (χ1) is 12.3. The van der Waals surface area contributed by atoms with Gasteiger partial charge in [0.05, 0.1) is 5.54 Å². The van der Waals surface area contributed by atoms with Crippen LogP contribution in [0.1, 0.15) is 29.7 Å². The zero-order valence-corrected chi connectivity index (χ0v) is 14.6. The van der Waals surface area contributed by atoms with E-state index in [0.29, 0.717) is 0 Å². The molecule has 0 bridgehead atoms. The van der Waals surface area contributed by atoms with Crippen LogP contribution in [0.15, 0.2) is 54.6 Å². The molecule has 0 radical (unpaired) electrons. The summed E-state index contributed by atoms with van der Waals surface area (Å²) in [4.78, 5) is 6.39. The summed E-state index contributed by atoms with van der Waals surface area (Å²) in [6.45, 7) is 4.39. The summed E-state index contributed by atoms with van der Waals surface area (Å²) in [7, 11) is 0. The first kappa shape index (κ1) is 15.2. The van der Waals surface area contributed by atoms with Crippen molar-refractivity contribution in [1.29, 1.82) is 0 Å². The molecule has 0 saturated carbocycles. The number of benzene rings is 2. The van der Waals surface area contributed by atoms with Gasteiger partial charge in [0, 0.05) is 36.2 Å². The summed E-state index contributed by atoms with van der Waals surface area (Å²) >= 11 is 0. The summed E-state index contributed by atoms with van der Waals surface area (Å²) in [5.74, 6) is 0. The van der Waals surface area contributed by atoms with Gasteiger partial charge in [-0.3, -0.25) is 4.90 Å². The zero-order valence-electron chi connectivity index (χ0n) is 14.6. The molecule has 1 fully saturated rings. The van der Waals surface area contributed by atoms with E-state index in [9.17, 15) is 0 Å². The van der Waals surface area contributed by atoms with Crippen LogP contribution in [0.25, 0.3) is 10.9 Å². The van der Waals surface area contributed by atoms with Crippen LogP contribution in [0.2, 0.25) is 0 Å². The molecule has 3 nitrogen and oxygen atoms in total. The lowest BCUT2D eigenvalue weighted by molar-refractivity contribution is 0.107. The number of rotatable bonds is 2. The molecule has 2 N–H and O–H groups in total. The van der Waals surface area contributed by atoms with Crippen molar-refractivity contribution in [2.24, 2.45) is 0 Å². The molecule has 2 aromatic carbocycles. The van der Waals surface area contributed by atoms with Crippen LogP contribution in [-0.4, -0.2) is 29.5 Å². The Kier molecular flexibility index (Phi) is 3.65. The largest absolute Gasteiger partial charge is 0.357 e. The summed E-state index contributed by atoms with van der Waals surface area (Å²) < 4.78 is 0. The van der Waals surface area contributed by atoms with E-state index in [2.05, 4.69) is 69.8 Å². The van der Waals surface area contributed by atoms with E-state index in [-0.39, 0.29) is 5.54 Å². The Morgan fingerprint density at radius 2 is 1.84 bits per heavy atom. The van der Waals surface area contributed by atoms with Crippen LogP contribution in [0.3, 0.4) is 0 Å². The van der Waals surface area contributed by atoms with Crippen molar-refractivity contribution in [3.63, 3.8) is 0 Å². The van der Waals surface area contributed by atoms with E-state index < -0.39 is 0 Å². The Morgan fingerprint density at radius 1 is 1.00 bits per heavy atom. The van der Waals surface area contributed by atoms with Gasteiger partial charge in [-0.15, -0.1) is 0 Å². The van der Waals surface area contributed by atoms with E-state index in [1.165, 1.54) is 47.1 Å². The Labute approximate surface area is 149 Å². The Balaban J connectivity index is 1.49. The average Bonchev–Trinajstić information content (AvgIpc) is 3.04. The molecule has 3 aromatic rings. The molecular weight excluding hydrogens is 306 g/mol. The third-order valence-electron chi connectivity index (χ3n) is 5.95. The highest BCUT2D eigenvalue weighted by molar-refractivity contribution is 5.85. The zero-order chi connectivity index (χ0) is 16.7. The summed E-state index contributed by atoms with van der Waals surface area (Å²) in [5.41, 5.74) is 5.76. The molecular formula is C22H25N3. The van der Waals surface area contributed by atoms with Crippen molar-refractivity contribution >= 4 is 10.9 Å². The smallest absolute Gasteiger partial charge is 0.0718 e. The van der Waals surface area contributed by atoms with E-state index in [0.717, 1.165) is 26.1 Å². The Bertz CT molecular complexity index is 883. The maximum absolute atomic E-state index is 3.89. The quantitative estimate of drug-likeness (QED) is 0.748. The maximum Gasteiger partial charge on any atom is 0.0718 e. The molecule has 1 saturated heterocycles. The molecule has 3 heterocycles. The molecule has 1 aromatic heterocycles. The van der Waals surface area contributed by atoms with Gasteiger partial charge >= 0.3 is 0 Å². The van der Waals surface area contributed by atoms with E-state index in [4.69, 9.17) is 0 Å². The fraction of sp³-hybridized carbons (Fsp3) is 0.364. The number of likely N-dealkylation sites (tertiary alicyclic amines) is 1. The van der Waals surface area contributed by atoms with E-state index in [1.54, 1.807) is 0 Å². The van der Waals surface area contributed by atoms with Gasteiger partial charge in [0.15, 0.2) is 0 Å². The molecule has 1 spiro atoms. The lowest BCUT2D eigenvalue weighted by atomic mass is 9.80. The minimum Gasteiger partial charge on any atom is -0.357 e. The molecule has 1 atom stereocenters. The van der Waals surface area contributed by atoms with E-state index in [1.807, 2.05) is 0 Å². The lowest BCUT2D eigenvalue weighted by Gasteiger charge is -2.46. The molecule has 128 valence electrons. The van der Waals surface area contributed by atoms with Gasteiger partial charge in [0.2, 0.25) is 0 Å². The highest BCUT2D eigenvalue weighted by atomic mass is 15.2. The Hall–Kier alpha value is -2.10. The van der Waals surface area contributed by atoms with Crippen LogP contribution in [0.5, 0.6) is 0 Å². The SMILES string of the molecule is c1ccc(CN2CCC[C@@]3(C2)NCCc2c3[nH]c3ccccc23)cc1. The second-order valence-electron chi connectivity index (χ2n) is 7.58. The number of nitrogens with zero attached hydrogens (tertiary/aromatic N) is 1. The topological polar surface area (TPSA) is 31.1 Å². The molecule has 2 aliphatic rings. The van der Waals surface area contributed by atoms with Gasteiger partial charge in [0.25, 0.3) is 0 Å². The summed E-state index contributed by atoms with van der Waals surface area (Å²) in [6, 6.07) is 19.6. The summed E-state index contributed by atoms with van der Waals surface area (Å²) in [5, 5.41) is 5.31. The fourth-order valence-electron chi connectivity index (χ4n) is 4.85. The predicted octanol–water partition coefficient (Wildman–Crippen LogP) is 3.80. The van der Waals surface area contributed by atoms with Crippen molar-refractivity contribution < 1.29 is 0 Å². The predicted molar refractivity (Wildman–Crippen MR) is 103 cm³/mol. The molecule has 3 heteroatoms. The van der Waals surface area contributed by atoms with Gasteiger partial charge in [-0.1, -0.05) is 48.5 Å². The number of fused-ring (bicyclic) bond motifs is 4. The average molecular weight is 331 g/mol. The monoisotopic (exact) mass is 331 g/mol. The van der Waals surface area contributed by atoms with Gasteiger partial charge in [-0.25, -0.2) is 0 Å². The highest BCUT2D eigenvalue weighted by Gasteiger charge is 2.41. The van der Waals surface area contributed by atoms with Crippen LogP contribution in [0.4, 0.5) is 0 Å². The summed E-state index contributed by atoms with van der Waals surface area (Å²) in [6.07, 6.45) is 3.59. The number of para-hydroxylation sites is 1. The van der Waals surface area contributed by atoms with Gasteiger partial charge in [0.1, 0.15) is 0 Å². The second-order valence-corrected chi connectivity index (χ2v) is 7.58. The maximum atomic E-state index is 3.89. The third-order valence-corrected chi connectivity index (χ3v) is 5.95. The second kappa shape index (κ2) is 6.01. The van der Waals surface area contributed by atoms with Crippen LogP contribution in [0, 0.1) is 0 Å². The number of aromatic nitrogens is 1. The standard InChI is InChI=1S/C22H25N3/c1-2-7-17(8-3-1)15-25-14-6-12-22(16-25)21-19(11-13-23-22)18-9-4-5-10-20(18)24-21/h1-5,7-10,23-24H,6,11-16H2/t22-/m0/s1. The third kappa shape index (κ3) is 2.59. The normalized spacial score (nSPS) is 23.8. The number of hydrogen-bond acceptors (Lipinski definition) is 2. The minimum atomic E-state index is 0.0830. The van der Waals surface area contributed by atoms with Crippen molar-refractivity contribution in [1.82, 2.24) is 15.2 Å². The minimum absolute atomic E-state index is 0.0830. The van der Waals surface area contributed by atoms with Crippen LogP contribution in [-0.2, 0) is 18.5 Å². The van der Waals surface area contributed by atoms with Crippen LogP contribution >= 0.6 is 0 Å². The number of piperidine rings is 1. The number of nitrogens with one attached hydrogen (secondary N) is 2. The first-order valence-corrected chi connectivity index (χ1v) is 9.45. The molecule has 0 unspecified atom stereocenters. The molecule has 0 amide bonds.